The molecule has 0 saturated heterocycles. The molecule has 2 heterocycles. The summed E-state index contributed by atoms with van der Waals surface area (Å²) < 4.78 is 10.9. The van der Waals surface area contributed by atoms with Crippen LogP contribution in [0.4, 0.5) is 0 Å². The quantitative estimate of drug-likeness (QED) is 0.358. The third-order valence-electron chi connectivity index (χ3n) is 5.94. The fourth-order valence-electron chi connectivity index (χ4n) is 4.06. The molecule has 176 valence electrons. The number of aromatic nitrogens is 2. The number of nitrogens with zero attached hydrogens (tertiary/aromatic N) is 2. The maximum atomic E-state index is 13.0. The van der Waals surface area contributed by atoms with Crippen molar-refractivity contribution in [1.82, 2.24) is 14.9 Å². The molecule has 0 amide bonds. The van der Waals surface area contributed by atoms with E-state index in [1.54, 1.807) is 7.11 Å². The lowest BCUT2D eigenvalue weighted by Gasteiger charge is -2.24. The lowest BCUT2D eigenvalue weighted by Crippen LogP contribution is -2.37. The number of hydrogen-bond donors (Lipinski definition) is 2. The summed E-state index contributed by atoms with van der Waals surface area (Å²) in [7, 11) is 1.63. The molecule has 7 nitrogen and oxygen atoms in total. The van der Waals surface area contributed by atoms with E-state index in [4.69, 9.17) is 14.5 Å². The summed E-state index contributed by atoms with van der Waals surface area (Å²) in [4.78, 5) is 23.6. The summed E-state index contributed by atoms with van der Waals surface area (Å²) in [6, 6.07) is 17.5. The number of ether oxygens (including phenoxy) is 2. The van der Waals surface area contributed by atoms with Crippen LogP contribution in [0.15, 0.2) is 64.8 Å². The van der Waals surface area contributed by atoms with E-state index in [0.29, 0.717) is 35.2 Å². The Morgan fingerprint density at radius 2 is 1.91 bits per heavy atom. The van der Waals surface area contributed by atoms with Crippen LogP contribution >= 0.6 is 11.3 Å². The van der Waals surface area contributed by atoms with Gasteiger partial charge in [-0.1, -0.05) is 30.3 Å². The molecule has 4 aromatic rings. The predicted octanol–water partition coefficient (Wildman–Crippen LogP) is 4.06. The third-order valence-corrected chi connectivity index (χ3v) is 6.81. The first-order chi connectivity index (χ1) is 16.6. The topological polar surface area (TPSA) is 87.7 Å². The van der Waals surface area contributed by atoms with Crippen molar-refractivity contribution in [2.24, 2.45) is 0 Å². The van der Waals surface area contributed by atoms with Gasteiger partial charge in [-0.15, -0.1) is 11.3 Å². The Hall–Kier alpha value is -3.20. The molecule has 2 aromatic heterocycles. The van der Waals surface area contributed by atoms with Gasteiger partial charge in [0.25, 0.3) is 5.56 Å². The van der Waals surface area contributed by atoms with Gasteiger partial charge in [0, 0.05) is 23.5 Å². The van der Waals surface area contributed by atoms with Gasteiger partial charge in [-0.05, 0) is 42.7 Å². The van der Waals surface area contributed by atoms with Crippen molar-refractivity contribution < 1.29 is 14.6 Å². The number of hydrogen-bond acceptors (Lipinski definition) is 7. The molecular weight excluding hydrogens is 450 g/mol. The molecule has 0 radical (unpaired) electrons. The lowest BCUT2D eigenvalue weighted by atomic mass is 10.1. The second kappa shape index (κ2) is 9.97. The van der Waals surface area contributed by atoms with Gasteiger partial charge in [-0.3, -0.25) is 9.69 Å². The minimum Gasteiger partial charge on any atom is -0.497 e. The van der Waals surface area contributed by atoms with Crippen molar-refractivity contribution in [1.29, 1.82) is 0 Å². The number of fused-ring (bicyclic) bond motifs is 1. The number of H-pyrrole nitrogens is 1. The fourth-order valence-corrected chi connectivity index (χ4v) is 5.03. The summed E-state index contributed by atoms with van der Waals surface area (Å²) >= 11 is 1.47. The van der Waals surface area contributed by atoms with Gasteiger partial charge in [0.05, 0.1) is 19.0 Å². The Morgan fingerprint density at radius 3 is 2.62 bits per heavy atom. The first-order valence-corrected chi connectivity index (χ1v) is 12.2. The van der Waals surface area contributed by atoms with Crippen molar-refractivity contribution in [3.05, 3.63) is 76.2 Å². The highest BCUT2D eigenvalue weighted by Crippen LogP contribution is 2.32. The molecule has 1 aliphatic carbocycles. The standard InChI is InChI=1S/C26H27N3O4S/c1-32-20-11-7-17(8-12-20)22-16-34-26-24(22)25(31)27-23(28-26)14-29(18-9-10-18)13-19(30)15-33-21-5-3-2-4-6-21/h2-8,11-12,16,18-19,30H,9-10,13-15H2,1H3,(H,27,28,31)/t19-/m1/s1. The Kier molecular flexibility index (Phi) is 6.62. The molecule has 0 spiro atoms. The van der Waals surface area contributed by atoms with Gasteiger partial charge >= 0.3 is 0 Å². The molecule has 1 saturated carbocycles. The zero-order valence-electron chi connectivity index (χ0n) is 18.9. The van der Waals surface area contributed by atoms with Gasteiger partial charge in [-0.25, -0.2) is 4.98 Å². The predicted molar refractivity (Wildman–Crippen MR) is 134 cm³/mol. The van der Waals surface area contributed by atoms with Gasteiger partial charge in [0.1, 0.15) is 34.9 Å². The van der Waals surface area contributed by atoms with Crippen LogP contribution in [0.2, 0.25) is 0 Å². The molecule has 1 aliphatic rings. The van der Waals surface area contributed by atoms with E-state index in [9.17, 15) is 9.90 Å². The van der Waals surface area contributed by atoms with E-state index in [1.807, 2.05) is 60.0 Å². The molecule has 8 heteroatoms. The molecule has 2 N–H and O–H groups in total. The largest absolute Gasteiger partial charge is 0.497 e. The maximum absolute atomic E-state index is 13.0. The van der Waals surface area contributed by atoms with E-state index in [-0.39, 0.29) is 12.2 Å². The van der Waals surface area contributed by atoms with Crippen molar-refractivity contribution >= 4 is 21.6 Å². The molecule has 2 aromatic carbocycles. The number of nitrogens with one attached hydrogen (secondary N) is 1. The van der Waals surface area contributed by atoms with Crippen molar-refractivity contribution in [2.45, 2.75) is 31.5 Å². The molecule has 0 unspecified atom stereocenters. The van der Waals surface area contributed by atoms with Crippen molar-refractivity contribution in [3.8, 4) is 22.6 Å². The summed E-state index contributed by atoms with van der Waals surface area (Å²) in [6.07, 6.45) is 1.53. The summed E-state index contributed by atoms with van der Waals surface area (Å²) in [6.45, 7) is 1.15. The normalized spacial score (nSPS) is 14.4. The molecule has 34 heavy (non-hydrogen) atoms. The van der Waals surface area contributed by atoms with Crippen LogP contribution in [0, 0.1) is 0 Å². The molecule has 5 rings (SSSR count). The van der Waals surface area contributed by atoms with Gasteiger partial charge < -0.3 is 19.6 Å². The van der Waals surface area contributed by atoms with Crippen LogP contribution in [-0.4, -0.2) is 52.4 Å². The highest BCUT2D eigenvalue weighted by molar-refractivity contribution is 7.17. The van der Waals surface area contributed by atoms with Crippen LogP contribution in [-0.2, 0) is 6.54 Å². The SMILES string of the molecule is COc1ccc(-c2csc3nc(CN(C[C@@H](O)COc4ccccc4)C4CC4)[nH]c(=O)c23)cc1. The van der Waals surface area contributed by atoms with Crippen molar-refractivity contribution in [3.63, 3.8) is 0 Å². The average Bonchev–Trinajstić information content (AvgIpc) is 3.62. The van der Waals surface area contributed by atoms with Gasteiger partial charge in [-0.2, -0.15) is 0 Å². The van der Waals surface area contributed by atoms with Crippen LogP contribution < -0.4 is 15.0 Å². The monoisotopic (exact) mass is 477 g/mol. The smallest absolute Gasteiger partial charge is 0.260 e. The number of aliphatic hydroxyl groups excluding tert-OH is 1. The second-order valence-electron chi connectivity index (χ2n) is 8.51. The van der Waals surface area contributed by atoms with Gasteiger partial charge in [0.15, 0.2) is 0 Å². The van der Waals surface area contributed by atoms with E-state index in [1.165, 1.54) is 11.3 Å². The first kappa shape index (κ1) is 22.6. The lowest BCUT2D eigenvalue weighted by molar-refractivity contribution is 0.0617. The van der Waals surface area contributed by atoms with E-state index in [0.717, 1.165) is 35.5 Å². The molecule has 0 aliphatic heterocycles. The van der Waals surface area contributed by atoms with E-state index in [2.05, 4.69) is 9.88 Å². The second-order valence-corrected chi connectivity index (χ2v) is 9.37. The number of methoxy groups -OCH3 is 1. The van der Waals surface area contributed by atoms with Crippen LogP contribution in [0.3, 0.4) is 0 Å². The summed E-state index contributed by atoms with van der Waals surface area (Å²) in [5, 5.41) is 13.1. The van der Waals surface area contributed by atoms with Crippen LogP contribution in [0.5, 0.6) is 11.5 Å². The average molecular weight is 478 g/mol. The first-order valence-electron chi connectivity index (χ1n) is 11.4. The highest BCUT2D eigenvalue weighted by atomic mass is 32.1. The van der Waals surface area contributed by atoms with Crippen LogP contribution in [0.25, 0.3) is 21.3 Å². The number of aliphatic hydroxyl groups is 1. The van der Waals surface area contributed by atoms with E-state index >= 15 is 0 Å². The fraction of sp³-hybridized carbons (Fsp3) is 0.308. The zero-order chi connectivity index (χ0) is 23.5. The number of para-hydroxylation sites is 1. The zero-order valence-corrected chi connectivity index (χ0v) is 19.8. The van der Waals surface area contributed by atoms with E-state index < -0.39 is 6.10 Å². The third kappa shape index (κ3) is 5.14. The highest BCUT2D eigenvalue weighted by Gasteiger charge is 2.31. The summed E-state index contributed by atoms with van der Waals surface area (Å²) in [5.41, 5.74) is 1.68. The molecule has 1 atom stereocenters. The molecular formula is C26H27N3O4S. The molecule has 0 bridgehead atoms. The molecule has 1 fully saturated rings. The Morgan fingerprint density at radius 1 is 1.15 bits per heavy atom. The summed E-state index contributed by atoms with van der Waals surface area (Å²) in [5.74, 6) is 2.12. The van der Waals surface area contributed by atoms with Crippen molar-refractivity contribution in [2.75, 3.05) is 20.3 Å². The number of rotatable bonds is 10. The number of benzene rings is 2. The maximum Gasteiger partial charge on any atom is 0.260 e. The Bertz CT molecular complexity index is 1300. The van der Waals surface area contributed by atoms with Crippen LogP contribution in [0.1, 0.15) is 18.7 Å². The number of thiophene rings is 1. The Labute approximate surface area is 201 Å². The minimum atomic E-state index is -0.639. The Balaban J connectivity index is 1.30. The minimum absolute atomic E-state index is 0.143. The number of aromatic amines is 1. The van der Waals surface area contributed by atoms with Gasteiger partial charge in [0.2, 0.25) is 0 Å².